The molecule has 1 aromatic carbocycles. The highest BCUT2D eigenvalue weighted by Gasteiger charge is 2.39. The molecule has 4 heteroatoms. The molecular weight excluding hydrogens is 300 g/mol. The summed E-state index contributed by atoms with van der Waals surface area (Å²) in [5, 5.41) is 5.99. The molecule has 0 aliphatic heterocycles. The molecule has 0 bridgehead atoms. The van der Waals surface area contributed by atoms with Crippen LogP contribution < -0.4 is 10.6 Å². The summed E-state index contributed by atoms with van der Waals surface area (Å²) in [5.74, 6) is 0.135. The second-order valence-corrected chi connectivity index (χ2v) is 7.95. The molecule has 2 rings (SSSR count). The van der Waals surface area contributed by atoms with Gasteiger partial charge in [0, 0.05) is 11.7 Å². The molecule has 0 heterocycles. The summed E-state index contributed by atoms with van der Waals surface area (Å²) in [6.45, 7) is 11.8. The predicted molar refractivity (Wildman–Crippen MR) is 98.2 cm³/mol. The van der Waals surface area contributed by atoms with Crippen LogP contribution in [0.3, 0.4) is 0 Å². The zero-order valence-corrected chi connectivity index (χ0v) is 15.7. The molecule has 132 valence electrons. The Morgan fingerprint density at radius 3 is 1.92 bits per heavy atom. The number of hydrogen-bond donors (Lipinski definition) is 2. The summed E-state index contributed by atoms with van der Waals surface area (Å²) in [7, 11) is 0. The molecule has 2 amide bonds. The molecule has 1 aliphatic rings. The van der Waals surface area contributed by atoms with E-state index in [1.165, 1.54) is 0 Å². The van der Waals surface area contributed by atoms with E-state index in [1.807, 2.05) is 18.2 Å². The lowest BCUT2D eigenvalue weighted by Gasteiger charge is -2.26. The Labute approximate surface area is 145 Å². The molecule has 2 N–H and O–H groups in total. The van der Waals surface area contributed by atoms with Crippen LogP contribution in [0.25, 0.3) is 0 Å². The van der Waals surface area contributed by atoms with Crippen LogP contribution in [-0.4, -0.2) is 17.9 Å². The van der Waals surface area contributed by atoms with Crippen molar-refractivity contribution in [1.29, 1.82) is 0 Å². The summed E-state index contributed by atoms with van der Waals surface area (Å²) in [5.41, 5.74) is 1.97. The van der Waals surface area contributed by atoms with E-state index in [-0.39, 0.29) is 17.9 Å². The van der Waals surface area contributed by atoms with E-state index in [9.17, 15) is 9.59 Å². The van der Waals surface area contributed by atoms with Crippen LogP contribution >= 0.6 is 0 Å². The van der Waals surface area contributed by atoms with Crippen molar-refractivity contribution in [2.45, 2.75) is 72.3 Å². The standard InChI is InChI=1S/C20H30N2O2/c1-12(2)15-8-7-9-16(13(3)4)17(15)22-19(24)20(5,6)18(23)21-14-10-11-14/h7-9,12-14H,10-11H2,1-6H3,(H,21,23)(H,22,24). The van der Waals surface area contributed by atoms with E-state index in [0.29, 0.717) is 11.8 Å². The van der Waals surface area contributed by atoms with Crippen molar-refractivity contribution >= 4 is 17.5 Å². The van der Waals surface area contributed by atoms with Crippen LogP contribution in [0.5, 0.6) is 0 Å². The van der Waals surface area contributed by atoms with Crippen LogP contribution in [0.1, 0.15) is 77.3 Å². The Morgan fingerprint density at radius 1 is 1.00 bits per heavy atom. The number of nitrogens with one attached hydrogen (secondary N) is 2. The number of carbonyl (C=O) groups excluding carboxylic acids is 2. The molecule has 1 fully saturated rings. The molecule has 0 saturated heterocycles. The molecule has 0 atom stereocenters. The predicted octanol–water partition coefficient (Wildman–Crippen LogP) is 4.18. The highest BCUT2D eigenvalue weighted by Crippen LogP contribution is 2.34. The van der Waals surface area contributed by atoms with Gasteiger partial charge in [0.1, 0.15) is 5.41 Å². The fourth-order valence-electron chi connectivity index (χ4n) is 2.66. The third-order valence-electron chi connectivity index (χ3n) is 4.66. The average Bonchev–Trinajstić information content (AvgIpc) is 3.30. The maximum absolute atomic E-state index is 12.9. The number of anilines is 1. The monoisotopic (exact) mass is 330 g/mol. The van der Waals surface area contributed by atoms with Gasteiger partial charge < -0.3 is 10.6 Å². The number of amides is 2. The second kappa shape index (κ2) is 6.96. The molecule has 4 nitrogen and oxygen atoms in total. The Kier molecular flexibility index (Phi) is 5.36. The molecule has 0 spiro atoms. The summed E-state index contributed by atoms with van der Waals surface area (Å²) in [6, 6.07) is 6.37. The van der Waals surface area contributed by atoms with Crippen LogP contribution in [0, 0.1) is 5.41 Å². The topological polar surface area (TPSA) is 58.2 Å². The minimum atomic E-state index is -1.10. The van der Waals surface area contributed by atoms with E-state index in [0.717, 1.165) is 29.7 Å². The SMILES string of the molecule is CC(C)c1cccc(C(C)C)c1NC(=O)C(C)(C)C(=O)NC1CC1. The summed E-state index contributed by atoms with van der Waals surface area (Å²) in [6.07, 6.45) is 2.02. The summed E-state index contributed by atoms with van der Waals surface area (Å²) < 4.78 is 0. The van der Waals surface area contributed by atoms with Crippen molar-refractivity contribution in [1.82, 2.24) is 5.32 Å². The third kappa shape index (κ3) is 3.97. The van der Waals surface area contributed by atoms with Crippen LogP contribution in [0.2, 0.25) is 0 Å². The Bertz CT molecular complexity index is 602. The Hall–Kier alpha value is -1.84. The first-order chi connectivity index (χ1) is 11.1. The second-order valence-electron chi connectivity index (χ2n) is 7.95. The van der Waals surface area contributed by atoms with E-state index >= 15 is 0 Å². The largest absolute Gasteiger partial charge is 0.352 e. The van der Waals surface area contributed by atoms with Crippen molar-refractivity contribution < 1.29 is 9.59 Å². The van der Waals surface area contributed by atoms with Crippen molar-refractivity contribution in [2.75, 3.05) is 5.32 Å². The van der Waals surface area contributed by atoms with Gasteiger partial charge in [-0.25, -0.2) is 0 Å². The lowest BCUT2D eigenvalue weighted by Crippen LogP contribution is -2.46. The maximum atomic E-state index is 12.9. The summed E-state index contributed by atoms with van der Waals surface area (Å²) in [4.78, 5) is 25.3. The van der Waals surface area contributed by atoms with Crippen LogP contribution in [-0.2, 0) is 9.59 Å². The average molecular weight is 330 g/mol. The maximum Gasteiger partial charge on any atom is 0.239 e. The van der Waals surface area contributed by atoms with E-state index in [4.69, 9.17) is 0 Å². The number of carbonyl (C=O) groups is 2. The van der Waals surface area contributed by atoms with Crippen molar-refractivity contribution in [3.8, 4) is 0 Å². The van der Waals surface area contributed by atoms with Gasteiger partial charge in [-0.05, 0) is 49.7 Å². The molecule has 1 aliphatic carbocycles. The molecule has 0 aromatic heterocycles. The number of para-hydroxylation sites is 1. The van der Waals surface area contributed by atoms with Gasteiger partial charge in [0.05, 0.1) is 0 Å². The fraction of sp³-hybridized carbons (Fsp3) is 0.600. The van der Waals surface area contributed by atoms with E-state index < -0.39 is 5.41 Å². The van der Waals surface area contributed by atoms with Gasteiger partial charge in [-0.3, -0.25) is 9.59 Å². The van der Waals surface area contributed by atoms with Gasteiger partial charge in [0.15, 0.2) is 0 Å². The molecule has 0 radical (unpaired) electrons. The molecule has 1 aromatic rings. The molecule has 24 heavy (non-hydrogen) atoms. The van der Waals surface area contributed by atoms with Crippen molar-refractivity contribution in [2.24, 2.45) is 5.41 Å². The molecule has 1 saturated carbocycles. The van der Waals surface area contributed by atoms with Crippen LogP contribution in [0.4, 0.5) is 5.69 Å². The van der Waals surface area contributed by atoms with E-state index in [1.54, 1.807) is 13.8 Å². The molecular formula is C20H30N2O2. The first-order valence-corrected chi connectivity index (χ1v) is 8.89. The van der Waals surface area contributed by atoms with Gasteiger partial charge in [-0.15, -0.1) is 0 Å². The van der Waals surface area contributed by atoms with E-state index in [2.05, 4.69) is 38.3 Å². The number of rotatable bonds is 6. The zero-order chi connectivity index (χ0) is 18.1. The quantitative estimate of drug-likeness (QED) is 0.769. The first-order valence-electron chi connectivity index (χ1n) is 8.89. The number of benzene rings is 1. The minimum Gasteiger partial charge on any atom is -0.352 e. The highest BCUT2D eigenvalue weighted by molar-refractivity contribution is 6.10. The van der Waals surface area contributed by atoms with Crippen molar-refractivity contribution in [3.05, 3.63) is 29.3 Å². The Balaban J connectivity index is 2.28. The Morgan fingerprint density at radius 2 is 1.50 bits per heavy atom. The minimum absolute atomic E-state index is 0.198. The van der Waals surface area contributed by atoms with Gasteiger partial charge in [-0.1, -0.05) is 45.9 Å². The van der Waals surface area contributed by atoms with Crippen molar-refractivity contribution in [3.63, 3.8) is 0 Å². The van der Waals surface area contributed by atoms with Gasteiger partial charge in [0.25, 0.3) is 0 Å². The molecule has 0 unspecified atom stereocenters. The van der Waals surface area contributed by atoms with Crippen LogP contribution in [0.15, 0.2) is 18.2 Å². The normalized spacial score (nSPS) is 14.8. The smallest absolute Gasteiger partial charge is 0.239 e. The van der Waals surface area contributed by atoms with Gasteiger partial charge in [0.2, 0.25) is 11.8 Å². The lowest BCUT2D eigenvalue weighted by atomic mass is 9.88. The number of hydrogen-bond acceptors (Lipinski definition) is 2. The highest BCUT2D eigenvalue weighted by atomic mass is 16.2. The van der Waals surface area contributed by atoms with Gasteiger partial charge >= 0.3 is 0 Å². The first kappa shape index (κ1) is 18.5. The van der Waals surface area contributed by atoms with Gasteiger partial charge in [-0.2, -0.15) is 0 Å². The fourth-order valence-corrected chi connectivity index (χ4v) is 2.66. The zero-order valence-electron chi connectivity index (χ0n) is 15.7. The lowest BCUT2D eigenvalue weighted by molar-refractivity contribution is -0.138. The third-order valence-corrected chi connectivity index (χ3v) is 4.66. The summed E-state index contributed by atoms with van der Waals surface area (Å²) >= 11 is 0.